The van der Waals surface area contributed by atoms with Gasteiger partial charge in [0.1, 0.15) is 20.8 Å². The first kappa shape index (κ1) is 30.3. The van der Waals surface area contributed by atoms with Crippen molar-refractivity contribution in [3.8, 4) is 11.5 Å². The minimum absolute atomic E-state index is 0.0471. The van der Waals surface area contributed by atoms with Crippen LogP contribution < -0.4 is 9.33 Å². The molecule has 2 aromatic carbocycles. The van der Waals surface area contributed by atoms with Crippen LogP contribution in [0.4, 0.5) is 0 Å². The monoisotopic (exact) mass is 576 g/mol. The van der Waals surface area contributed by atoms with Gasteiger partial charge in [0.05, 0.1) is 0 Å². The molecule has 2 N–H and O–H groups in total. The second kappa shape index (κ2) is 9.99. The first-order valence-corrected chi connectivity index (χ1v) is 15.5. The highest BCUT2D eigenvalue weighted by atomic mass is 32.1. The molecule has 0 fully saturated rings. The van der Waals surface area contributed by atoms with Gasteiger partial charge in [-0.3, -0.25) is 0 Å². The molecular formula is C34H44N2O2S2. The molecule has 214 valence electrons. The number of aromatic nitrogens is 2. The third-order valence-electron chi connectivity index (χ3n) is 7.19. The molecule has 0 unspecified atom stereocenters. The molecule has 0 bridgehead atoms. The fourth-order valence-electron chi connectivity index (χ4n) is 4.61. The molecular weight excluding hydrogens is 533 g/mol. The van der Waals surface area contributed by atoms with Crippen molar-refractivity contribution in [3.05, 3.63) is 67.0 Å². The van der Waals surface area contributed by atoms with E-state index in [0.29, 0.717) is 11.5 Å². The van der Waals surface area contributed by atoms with Crippen LogP contribution in [0.25, 0.3) is 21.8 Å². The van der Waals surface area contributed by atoms with Crippen LogP contribution >= 0.6 is 22.7 Å². The molecule has 0 aliphatic carbocycles. The summed E-state index contributed by atoms with van der Waals surface area (Å²) in [5.41, 5.74) is 5.33. The van der Waals surface area contributed by atoms with Crippen molar-refractivity contribution in [2.24, 2.45) is 0 Å². The van der Waals surface area contributed by atoms with Crippen molar-refractivity contribution in [2.45, 2.75) is 105 Å². The molecule has 0 aliphatic heterocycles. The number of hydrogen-bond acceptors (Lipinski definition) is 6. The maximum absolute atomic E-state index is 11.2. The standard InChI is InChI=1S/C34H44N2O2S2/c1-31(2,3)21-13-19(27(37)23(17-21)33(7,8)9)15-25-35-29-30(39-25)36-26(40-29)16-20-14-22(32(4,5)6)18-24(28(20)38)34(10,11)12/h13-18,37-38H,1-12H3. The Bertz CT molecular complexity index is 1540. The van der Waals surface area contributed by atoms with E-state index in [9.17, 15) is 10.2 Å². The van der Waals surface area contributed by atoms with Crippen LogP contribution in [0.5, 0.6) is 11.5 Å². The average molecular weight is 577 g/mol. The number of nitrogens with zero attached hydrogens (tertiary/aromatic N) is 2. The van der Waals surface area contributed by atoms with E-state index >= 15 is 0 Å². The molecule has 0 radical (unpaired) electrons. The Morgan fingerprint density at radius 3 is 1.12 bits per heavy atom. The van der Waals surface area contributed by atoms with Gasteiger partial charge in [-0.1, -0.05) is 118 Å². The van der Waals surface area contributed by atoms with Crippen LogP contribution in [0, 0.1) is 0 Å². The summed E-state index contributed by atoms with van der Waals surface area (Å²) in [4.78, 5) is 11.4. The smallest absolute Gasteiger partial charge is 0.155 e. The Morgan fingerprint density at radius 2 is 0.850 bits per heavy atom. The quantitative estimate of drug-likeness (QED) is 0.254. The summed E-state index contributed by atoms with van der Waals surface area (Å²) in [6.07, 6.45) is 3.94. The van der Waals surface area contributed by atoms with Crippen molar-refractivity contribution in [2.75, 3.05) is 0 Å². The van der Waals surface area contributed by atoms with Gasteiger partial charge in [0.2, 0.25) is 0 Å². The highest BCUT2D eigenvalue weighted by molar-refractivity contribution is 7.24. The normalized spacial score (nSPS) is 14.5. The van der Waals surface area contributed by atoms with Gasteiger partial charge >= 0.3 is 0 Å². The van der Waals surface area contributed by atoms with Crippen molar-refractivity contribution < 1.29 is 10.2 Å². The third-order valence-corrected chi connectivity index (χ3v) is 9.12. The number of fused-ring (bicyclic) bond motifs is 1. The van der Waals surface area contributed by atoms with Gasteiger partial charge in [-0.2, -0.15) is 0 Å². The molecule has 6 heteroatoms. The number of rotatable bonds is 2. The van der Waals surface area contributed by atoms with Crippen LogP contribution in [0.1, 0.15) is 116 Å². The Kier molecular flexibility index (Phi) is 7.56. The predicted octanol–water partition coefficient (Wildman–Crippen LogP) is 8.01. The van der Waals surface area contributed by atoms with Crippen LogP contribution in [0.2, 0.25) is 0 Å². The summed E-state index contributed by atoms with van der Waals surface area (Å²) >= 11 is 3.03. The molecule has 4 rings (SSSR count). The van der Waals surface area contributed by atoms with E-state index in [1.54, 1.807) is 0 Å². The number of benzene rings is 2. The maximum atomic E-state index is 11.2. The van der Waals surface area contributed by atoms with Gasteiger partial charge in [0.15, 0.2) is 9.66 Å². The molecule has 40 heavy (non-hydrogen) atoms. The second-order valence-electron chi connectivity index (χ2n) is 14.9. The van der Waals surface area contributed by atoms with Gasteiger partial charge < -0.3 is 10.2 Å². The van der Waals surface area contributed by atoms with E-state index in [4.69, 9.17) is 9.97 Å². The molecule has 4 aromatic rings. The predicted molar refractivity (Wildman–Crippen MR) is 173 cm³/mol. The van der Waals surface area contributed by atoms with E-state index < -0.39 is 0 Å². The second-order valence-corrected chi connectivity index (χ2v) is 16.9. The minimum Gasteiger partial charge on any atom is -0.507 e. The fraction of sp³-hybridized carbons (Fsp3) is 0.471. The zero-order chi connectivity index (χ0) is 30.0. The lowest BCUT2D eigenvalue weighted by Gasteiger charge is -2.27. The first-order valence-electron chi connectivity index (χ1n) is 13.9. The largest absolute Gasteiger partial charge is 0.507 e. The van der Waals surface area contributed by atoms with E-state index in [2.05, 4.69) is 107 Å². The summed E-state index contributed by atoms with van der Waals surface area (Å²) in [5.74, 6) is 0.620. The Balaban J connectivity index is 1.83. The number of phenolic OH excluding ortho intramolecular Hbond substituents is 2. The number of aromatic hydroxyl groups is 2. The van der Waals surface area contributed by atoms with Crippen molar-refractivity contribution >= 4 is 44.5 Å². The van der Waals surface area contributed by atoms with Crippen molar-refractivity contribution in [1.29, 1.82) is 0 Å². The van der Waals surface area contributed by atoms with Gasteiger partial charge in [-0.05, 0) is 57.1 Å². The molecule has 0 atom stereocenters. The van der Waals surface area contributed by atoms with E-state index in [0.717, 1.165) is 41.2 Å². The average Bonchev–Trinajstić information content (AvgIpc) is 3.31. The number of hydrogen-bond donors (Lipinski definition) is 2. The lowest BCUT2D eigenvalue weighted by Crippen LogP contribution is -2.17. The van der Waals surface area contributed by atoms with Gasteiger partial charge in [0.25, 0.3) is 0 Å². The topological polar surface area (TPSA) is 66.2 Å². The van der Waals surface area contributed by atoms with Gasteiger partial charge in [0, 0.05) is 22.3 Å². The van der Waals surface area contributed by atoms with Crippen molar-refractivity contribution in [1.82, 2.24) is 9.97 Å². The minimum atomic E-state index is -0.188. The summed E-state index contributed by atoms with van der Waals surface area (Å²) < 4.78 is 1.63. The molecule has 2 heterocycles. The van der Waals surface area contributed by atoms with Crippen molar-refractivity contribution in [3.63, 3.8) is 0 Å². The molecule has 0 amide bonds. The fourth-order valence-corrected chi connectivity index (χ4v) is 6.57. The summed E-state index contributed by atoms with van der Waals surface area (Å²) in [7, 11) is 0. The van der Waals surface area contributed by atoms with Crippen LogP contribution in [0.3, 0.4) is 0 Å². The molecule has 0 aliphatic rings. The Hall–Kier alpha value is -2.70. The van der Waals surface area contributed by atoms with Crippen LogP contribution in [0.15, 0.2) is 24.3 Å². The van der Waals surface area contributed by atoms with E-state index in [-0.39, 0.29) is 21.7 Å². The van der Waals surface area contributed by atoms with Gasteiger partial charge in [-0.15, -0.1) is 0 Å². The van der Waals surface area contributed by atoms with Gasteiger partial charge in [-0.25, -0.2) is 9.97 Å². The maximum Gasteiger partial charge on any atom is 0.155 e. The molecule has 0 saturated carbocycles. The van der Waals surface area contributed by atoms with Crippen LogP contribution in [-0.4, -0.2) is 20.2 Å². The van der Waals surface area contributed by atoms with E-state index in [1.165, 1.54) is 33.8 Å². The third kappa shape index (κ3) is 6.28. The summed E-state index contributed by atoms with van der Waals surface area (Å²) in [5, 5.41) is 22.4. The lowest BCUT2D eigenvalue weighted by atomic mass is 9.79. The number of phenols is 2. The lowest BCUT2D eigenvalue weighted by molar-refractivity contribution is 0.442. The number of thiazole rings is 2. The molecule has 0 saturated heterocycles. The van der Waals surface area contributed by atoms with Crippen LogP contribution in [-0.2, 0) is 21.7 Å². The Labute approximate surface area is 247 Å². The zero-order valence-corrected chi connectivity index (χ0v) is 27.7. The molecule has 0 spiro atoms. The SMILES string of the molecule is CC(C)(C)c1cc(C=c2nc3sc(=Cc4cc(C(C)(C)C)cc(C(C)(C)C)c4O)nc3s2)c(O)c(C(C)(C)C)c1. The highest BCUT2D eigenvalue weighted by Crippen LogP contribution is 2.39. The molecule has 4 nitrogen and oxygen atoms in total. The highest BCUT2D eigenvalue weighted by Gasteiger charge is 2.26. The Morgan fingerprint density at radius 1 is 0.525 bits per heavy atom. The van der Waals surface area contributed by atoms with E-state index in [1.807, 2.05) is 12.2 Å². The first-order chi connectivity index (χ1) is 18.1. The summed E-state index contributed by atoms with van der Waals surface area (Å²) in [6.45, 7) is 25.9. The zero-order valence-electron chi connectivity index (χ0n) is 26.1. The molecule has 2 aromatic heterocycles. The summed E-state index contributed by atoms with van der Waals surface area (Å²) in [6, 6.07) is 8.41.